The van der Waals surface area contributed by atoms with Crippen LogP contribution < -0.4 is 16.0 Å². The molecule has 0 radical (unpaired) electrons. The predicted octanol–water partition coefficient (Wildman–Crippen LogP) is 4.28. The van der Waals surface area contributed by atoms with Gasteiger partial charge in [0.05, 0.1) is 17.2 Å². The van der Waals surface area contributed by atoms with Crippen molar-refractivity contribution in [1.82, 2.24) is 10.6 Å². The minimum Gasteiger partial charge on any atom is -0.327 e. The van der Waals surface area contributed by atoms with Crippen LogP contribution >= 0.6 is 0 Å². The molecule has 3 amide bonds. The van der Waals surface area contributed by atoms with E-state index in [2.05, 4.69) is 16.0 Å². The Kier molecular flexibility index (Phi) is 5.13. The standard InChI is InChI=1S/C20H18F3N3O2/c1-11-5-3-6-13(9-11)17-16(12(2)24-19(28)26-17)18(27)25-15-8-4-7-14(10-15)20(21,22)23/h3-10,17H,1-2H3,(H,25,27)(H2,24,26,28). The van der Waals surface area contributed by atoms with E-state index in [0.717, 1.165) is 17.7 Å². The third kappa shape index (κ3) is 4.16. The molecule has 3 rings (SSSR count). The number of halogens is 3. The quantitative estimate of drug-likeness (QED) is 0.733. The van der Waals surface area contributed by atoms with Crippen LogP contribution in [0.1, 0.15) is 29.7 Å². The minimum atomic E-state index is -4.51. The summed E-state index contributed by atoms with van der Waals surface area (Å²) in [6.45, 7) is 3.45. The fourth-order valence-corrected chi connectivity index (χ4v) is 3.07. The number of anilines is 1. The second-order valence-electron chi connectivity index (χ2n) is 6.52. The van der Waals surface area contributed by atoms with Gasteiger partial charge in [-0.1, -0.05) is 35.9 Å². The van der Waals surface area contributed by atoms with Gasteiger partial charge in [-0.3, -0.25) is 4.79 Å². The number of allylic oxidation sites excluding steroid dienone is 1. The van der Waals surface area contributed by atoms with Gasteiger partial charge in [0.25, 0.3) is 5.91 Å². The molecule has 28 heavy (non-hydrogen) atoms. The molecule has 0 spiro atoms. The highest BCUT2D eigenvalue weighted by atomic mass is 19.4. The topological polar surface area (TPSA) is 70.2 Å². The molecule has 3 N–H and O–H groups in total. The number of carbonyl (C=O) groups excluding carboxylic acids is 2. The lowest BCUT2D eigenvalue weighted by Crippen LogP contribution is -2.46. The Balaban J connectivity index is 1.94. The van der Waals surface area contributed by atoms with E-state index in [1.54, 1.807) is 19.1 Å². The number of aryl methyl sites for hydroxylation is 1. The van der Waals surface area contributed by atoms with Crippen LogP contribution in [0.15, 0.2) is 59.8 Å². The molecule has 2 aromatic rings. The summed E-state index contributed by atoms with van der Waals surface area (Å²) in [5.74, 6) is -0.601. The van der Waals surface area contributed by atoms with Crippen LogP contribution in [-0.4, -0.2) is 11.9 Å². The summed E-state index contributed by atoms with van der Waals surface area (Å²) < 4.78 is 38.7. The molecule has 0 aromatic heterocycles. The third-order valence-corrected chi connectivity index (χ3v) is 4.34. The molecule has 1 aliphatic rings. The van der Waals surface area contributed by atoms with E-state index in [1.165, 1.54) is 12.1 Å². The van der Waals surface area contributed by atoms with E-state index in [9.17, 15) is 22.8 Å². The number of nitrogens with one attached hydrogen (secondary N) is 3. The van der Waals surface area contributed by atoms with E-state index in [0.29, 0.717) is 11.3 Å². The van der Waals surface area contributed by atoms with Crippen molar-refractivity contribution in [2.45, 2.75) is 26.1 Å². The summed E-state index contributed by atoms with van der Waals surface area (Å²) in [5, 5.41) is 7.72. The van der Waals surface area contributed by atoms with Gasteiger partial charge < -0.3 is 16.0 Å². The van der Waals surface area contributed by atoms with Gasteiger partial charge in [0.15, 0.2) is 0 Å². The molecular formula is C20H18F3N3O2. The van der Waals surface area contributed by atoms with Crippen LogP contribution in [0.5, 0.6) is 0 Å². The smallest absolute Gasteiger partial charge is 0.327 e. The maximum absolute atomic E-state index is 12.9. The summed E-state index contributed by atoms with van der Waals surface area (Å²) in [6, 6.07) is 10.5. The van der Waals surface area contributed by atoms with Crippen LogP contribution in [0.4, 0.5) is 23.7 Å². The molecule has 1 atom stereocenters. The van der Waals surface area contributed by atoms with Crippen LogP contribution in [0.2, 0.25) is 0 Å². The lowest BCUT2D eigenvalue weighted by molar-refractivity contribution is -0.137. The number of carbonyl (C=O) groups is 2. The number of rotatable bonds is 3. The van der Waals surface area contributed by atoms with Gasteiger partial charge in [-0.25, -0.2) is 4.79 Å². The van der Waals surface area contributed by atoms with Crippen molar-refractivity contribution in [3.63, 3.8) is 0 Å². The molecule has 0 fully saturated rings. The van der Waals surface area contributed by atoms with Crippen LogP contribution in [0, 0.1) is 6.92 Å². The number of amides is 3. The van der Waals surface area contributed by atoms with E-state index in [-0.39, 0.29) is 11.3 Å². The monoisotopic (exact) mass is 389 g/mol. The fourth-order valence-electron chi connectivity index (χ4n) is 3.07. The zero-order valence-corrected chi connectivity index (χ0v) is 15.1. The third-order valence-electron chi connectivity index (χ3n) is 4.34. The normalized spacial score (nSPS) is 17.0. The number of hydrogen-bond acceptors (Lipinski definition) is 2. The first-order valence-electron chi connectivity index (χ1n) is 8.48. The van der Waals surface area contributed by atoms with Crippen LogP contribution in [-0.2, 0) is 11.0 Å². The van der Waals surface area contributed by atoms with Gasteiger partial charge in [-0.15, -0.1) is 0 Å². The van der Waals surface area contributed by atoms with Gasteiger partial charge >= 0.3 is 12.2 Å². The molecular weight excluding hydrogens is 371 g/mol. The molecule has 1 aliphatic heterocycles. The first kappa shape index (κ1) is 19.5. The van der Waals surface area contributed by atoms with Gasteiger partial charge in [-0.05, 0) is 37.6 Å². The predicted molar refractivity (Wildman–Crippen MR) is 98.4 cm³/mol. The van der Waals surface area contributed by atoms with Gasteiger partial charge in [0.1, 0.15) is 0 Å². The second kappa shape index (κ2) is 7.38. The van der Waals surface area contributed by atoms with Crippen molar-refractivity contribution >= 4 is 17.6 Å². The number of alkyl halides is 3. The molecule has 1 heterocycles. The van der Waals surface area contributed by atoms with Crippen molar-refractivity contribution < 1.29 is 22.8 Å². The molecule has 2 aromatic carbocycles. The molecule has 0 saturated carbocycles. The van der Waals surface area contributed by atoms with E-state index >= 15 is 0 Å². The van der Waals surface area contributed by atoms with Crippen molar-refractivity contribution in [2.24, 2.45) is 0 Å². The molecule has 8 heteroatoms. The van der Waals surface area contributed by atoms with E-state index < -0.39 is 29.7 Å². The Morgan fingerprint density at radius 1 is 1.07 bits per heavy atom. The van der Waals surface area contributed by atoms with Crippen LogP contribution in [0.3, 0.4) is 0 Å². The van der Waals surface area contributed by atoms with Gasteiger partial charge in [0, 0.05) is 11.4 Å². The summed E-state index contributed by atoms with van der Waals surface area (Å²) >= 11 is 0. The SMILES string of the molecule is CC1=C(C(=O)Nc2cccc(C(F)(F)F)c2)C(c2cccc(C)c2)NC(=O)N1. The Morgan fingerprint density at radius 2 is 1.79 bits per heavy atom. The Morgan fingerprint density at radius 3 is 2.46 bits per heavy atom. The second-order valence-corrected chi connectivity index (χ2v) is 6.52. The van der Waals surface area contributed by atoms with Crippen molar-refractivity contribution in [1.29, 1.82) is 0 Å². The zero-order chi connectivity index (χ0) is 20.5. The molecule has 0 saturated heterocycles. The molecule has 1 unspecified atom stereocenters. The highest BCUT2D eigenvalue weighted by molar-refractivity contribution is 6.06. The van der Waals surface area contributed by atoms with Gasteiger partial charge in [-0.2, -0.15) is 13.2 Å². The van der Waals surface area contributed by atoms with Gasteiger partial charge in [0.2, 0.25) is 0 Å². The van der Waals surface area contributed by atoms with Crippen molar-refractivity contribution in [3.8, 4) is 0 Å². The minimum absolute atomic E-state index is 0.0139. The molecule has 146 valence electrons. The summed E-state index contributed by atoms with van der Waals surface area (Å²) in [7, 11) is 0. The van der Waals surface area contributed by atoms with Crippen LogP contribution in [0.25, 0.3) is 0 Å². The molecule has 5 nitrogen and oxygen atoms in total. The first-order valence-corrected chi connectivity index (χ1v) is 8.48. The first-order chi connectivity index (χ1) is 13.1. The highest BCUT2D eigenvalue weighted by Gasteiger charge is 2.33. The molecule has 0 aliphatic carbocycles. The van der Waals surface area contributed by atoms with E-state index in [4.69, 9.17) is 0 Å². The van der Waals surface area contributed by atoms with Crippen molar-refractivity contribution in [3.05, 3.63) is 76.5 Å². The fraction of sp³-hybridized carbons (Fsp3) is 0.200. The lowest BCUT2D eigenvalue weighted by Gasteiger charge is -2.29. The number of urea groups is 1. The number of hydrogen-bond donors (Lipinski definition) is 3. The zero-order valence-electron chi connectivity index (χ0n) is 15.1. The Labute approximate surface area is 159 Å². The Hall–Kier alpha value is -3.29. The average Bonchev–Trinajstić information content (AvgIpc) is 2.60. The molecule has 0 bridgehead atoms. The highest BCUT2D eigenvalue weighted by Crippen LogP contribution is 2.32. The Bertz CT molecular complexity index is 967. The maximum atomic E-state index is 12.9. The van der Waals surface area contributed by atoms with Crippen molar-refractivity contribution in [2.75, 3.05) is 5.32 Å². The summed E-state index contributed by atoms with van der Waals surface area (Å²) in [6.07, 6.45) is -4.51. The summed E-state index contributed by atoms with van der Waals surface area (Å²) in [4.78, 5) is 24.8. The number of benzene rings is 2. The average molecular weight is 389 g/mol. The largest absolute Gasteiger partial charge is 0.416 e. The summed E-state index contributed by atoms with van der Waals surface area (Å²) in [5.41, 5.74) is 1.35. The maximum Gasteiger partial charge on any atom is 0.416 e. The lowest BCUT2D eigenvalue weighted by atomic mass is 9.94. The van der Waals surface area contributed by atoms with E-state index in [1.807, 2.05) is 19.1 Å².